The van der Waals surface area contributed by atoms with E-state index in [-0.39, 0.29) is 23.3 Å². The van der Waals surface area contributed by atoms with Gasteiger partial charge in [-0.25, -0.2) is 13.1 Å². The second-order valence-corrected chi connectivity index (χ2v) is 9.58. The standard InChI is InChI=1S/C20H30N2O4S/c1-15(23)9-11-21-27(25,26)19-8-7-16-10-12-22(14-18(16)13-19)20(24)17-5-3-2-4-6-17/h7-8,13,15,17,21,23H,2-6,9-12,14H2,1H3/t15-/m0/s1. The van der Waals surface area contributed by atoms with Crippen molar-refractivity contribution in [2.75, 3.05) is 13.1 Å². The highest BCUT2D eigenvalue weighted by Crippen LogP contribution is 2.28. The molecule has 0 aromatic heterocycles. The van der Waals surface area contributed by atoms with Crippen LogP contribution in [0.4, 0.5) is 0 Å². The first kappa shape index (κ1) is 20.3. The average molecular weight is 395 g/mol. The second kappa shape index (κ2) is 8.71. The van der Waals surface area contributed by atoms with Crippen molar-refractivity contribution in [2.24, 2.45) is 5.92 Å². The van der Waals surface area contributed by atoms with Gasteiger partial charge >= 0.3 is 0 Å². The summed E-state index contributed by atoms with van der Waals surface area (Å²) in [5.74, 6) is 0.359. The van der Waals surface area contributed by atoms with Gasteiger partial charge in [-0.2, -0.15) is 0 Å². The molecule has 1 aliphatic carbocycles. The van der Waals surface area contributed by atoms with Crippen molar-refractivity contribution in [3.8, 4) is 0 Å². The average Bonchev–Trinajstić information content (AvgIpc) is 2.66. The molecular formula is C20H30N2O4S. The van der Waals surface area contributed by atoms with Gasteiger partial charge in [0.25, 0.3) is 0 Å². The number of carbonyl (C=O) groups excluding carboxylic acids is 1. The Morgan fingerprint density at radius 1 is 1.26 bits per heavy atom. The van der Waals surface area contributed by atoms with E-state index in [0.717, 1.165) is 43.2 Å². The molecule has 1 aromatic rings. The summed E-state index contributed by atoms with van der Waals surface area (Å²) in [4.78, 5) is 14.9. The molecule has 27 heavy (non-hydrogen) atoms. The molecule has 150 valence electrons. The van der Waals surface area contributed by atoms with Gasteiger partial charge in [-0.05, 0) is 55.9 Å². The molecule has 0 radical (unpaired) electrons. The summed E-state index contributed by atoms with van der Waals surface area (Å²) in [6, 6.07) is 5.18. The van der Waals surface area contributed by atoms with Crippen molar-refractivity contribution < 1.29 is 18.3 Å². The number of hydrogen-bond acceptors (Lipinski definition) is 4. The summed E-state index contributed by atoms with van der Waals surface area (Å²) in [5.41, 5.74) is 2.04. The minimum Gasteiger partial charge on any atom is -0.393 e. The SMILES string of the molecule is C[C@H](O)CCNS(=O)(=O)c1ccc2c(c1)CN(C(=O)C1CCCCC1)CC2. The lowest BCUT2D eigenvalue weighted by molar-refractivity contribution is -0.137. The van der Waals surface area contributed by atoms with E-state index in [1.165, 1.54) is 6.42 Å². The number of benzene rings is 1. The first-order chi connectivity index (χ1) is 12.9. The van der Waals surface area contributed by atoms with E-state index in [1.807, 2.05) is 11.0 Å². The number of aliphatic hydroxyl groups excluding tert-OH is 1. The Bertz CT molecular complexity index is 770. The first-order valence-electron chi connectivity index (χ1n) is 9.95. The summed E-state index contributed by atoms with van der Waals surface area (Å²) in [5, 5.41) is 9.29. The zero-order chi connectivity index (χ0) is 19.4. The zero-order valence-electron chi connectivity index (χ0n) is 16.0. The van der Waals surface area contributed by atoms with Crippen LogP contribution < -0.4 is 4.72 Å². The minimum absolute atomic E-state index is 0.134. The van der Waals surface area contributed by atoms with Gasteiger partial charge < -0.3 is 10.0 Å². The van der Waals surface area contributed by atoms with Gasteiger partial charge in [0, 0.05) is 25.6 Å². The number of hydrogen-bond donors (Lipinski definition) is 2. The Balaban J connectivity index is 1.70. The van der Waals surface area contributed by atoms with E-state index in [4.69, 9.17) is 0 Å². The quantitative estimate of drug-likeness (QED) is 0.774. The smallest absolute Gasteiger partial charge is 0.240 e. The second-order valence-electron chi connectivity index (χ2n) is 7.81. The maximum atomic E-state index is 12.8. The van der Waals surface area contributed by atoms with Crippen LogP contribution in [0.25, 0.3) is 0 Å². The largest absolute Gasteiger partial charge is 0.393 e. The van der Waals surface area contributed by atoms with E-state index < -0.39 is 16.1 Å². The molecule has 2 aliphatic rings. The molecule has 7 heteroatoms. The third kappa shape index (κ3) is 5.09. The van der Waals surface area contributed by atoms with Crippen LogP contribution in [-0.4, -0.2) is 43.5 Å². The van der Waals surface area contributed by atoms with E-state index >= 15 is 0 Å². The zero-order valence-corrected chi connectivity index (χ0v) is 16.8. The lowest BCUT2D eigenvalue weighted by Gasteiger charge is -2.33. The molecule has 0 spiro atoms. The van der Waals surface area contributed by atoms with Crippen molar-refractivity contribution in [1.82, 2.24) is 9.62 Å². The van der Waals surface area contributed by atoms with Crippen LogP contribution >= 0.6 is 0 Å². The number of fused-ring (bicyclic) bond motifs is 1. The fourth-order valence-electron chi connectivity index (χ4n) is 3.98. The normalized spacial score (nSPS) is 19.6. The molecule has 0 bridgehead atoms. The number of sulfonamides is 1. The molecule has 1 amide bonds. The van der Waals surface area contributed by atoms with Crippen molar-refractivity contribution >= 4 is 15.9 Å². The first-order valence-corrected chi connectivity index (χ1v) is 11.4. The predicted molar refractivity (Wildman–Crippen MR) is 104 cm³/mol. The number of amides is 1. The number of nitrogens with zero attached hydrogens (tertiary/aromatic N) is 1. The third-order valence-corrected chi connectivity index (χ3v) is 7.08. The van der Waals surface area contributed by atoms with E-state index in [1.54, 1.807) is 19.1 Å². The van der Waals surface area contributed by atoms with Crippen molar-refractivity contribution in [2.45, 2.75) is 69.4 Å². The van der Waals surface area contributed by atoms with Gasteiger partial charge in [-0.15, -0.1) is 0 Å². The minimum atomic E-state index is -3.61. The maximum absolute atomic E-state index is 12.8. The highest BCUT2D eigenvalue weighted by Gasteiger charge is 2.29. The summed E-state index contributed by atoms with van der Waals surface area (Å²) >= 11 is 0. The molecule has 1 saturated carbocycles. The van der Waals surface area contributed by atoms with E-state index in [9.17, 15) is 18.3 Å². The lowest BCUT2D eigenvalue weighted by atomic mass is 9.87. The van der Waals surface area contributed by atoms with Crippen LogP contribution in [0.1, 0.15) is 56.6 Å². The Kier molecular flexibility index (Phi) is 6.55. The fourth-order valence-corrected chi connectivity index (χ4v) is 5.08. The molecule has 0 saturated heterocycles. The summed E-state index contributed by atoms with van der Waals surface area (Å²) in [7, 11) is -3.61. The van der Waals surface area contributed by atoms with Gasteiger partial charge in [0.15, 0.2) is 0 Å². The highest BCUT2D eigenvalue weighted by atomic mass is 32.2. The van der Waals surface area contributed by atoms with E-state index in [0.29, 0.717) is 19.5 Å². The lowest BCUT2D eigenvalue weighted by Crippen LogP contribution is -2.40. The maximum Gasteiger partial charge on any atom is 0.240 e. The predicted octanol–water partition coefficient (Wildman–Crippen LogP) is 2.20. The Labute approximate surface area is 162 Å². The number of rotatable bonds is 6. The molecule has 6 nitrogen and oxygen atoms in total. The van der Waals surface area contributed by atoms with Gasteiger partial charge in [-0.1, -0.05) is 25.3 Å². The van der Waals surface area contributed by atoms with Crippen molar-refractivity contribution in [3.05, 3.63) is 29.3 Å². The molecule has 1 fully saturated rings. The van der Waals surface area contributed by atoms with Crippen molar-refractivity contribution in [3.63, 3.8) is 0 Å². The fraction of sp³-hybridized carbons (Fsp3) is 0.650. The van der Waals surface area contributed by atoms with Gasteiger partial charge in [0.1, 0.15) is 0 Å². The molecular weight excluding hydrogens is 364 g/mol. The topological polar surface area (TPSA) is 86.7 Å². The Hall–Kier alpha value is -1.44. The molecule has 1 aromatic carbocycles. The molecule has 1 heterocycles. The number of nitrogens with one attached hydrogen (secondary N) is 1. The molecule has 0 unspecified atom stereocenters. The van der Waals surface area contributed by atoms with Gasteiger partial charge in [0.05, 0.1) is 11.0 Å². The molecule has 1 aliphatic heterocycles. The van der Waals surface area contributed by atoms with Gasteiger partial charge in [-0.3, -0.25) is 4.79 Å². The molecule has 1 atom stereocenters. The van der Waals surface area contributed by atoms with Crippen molar-refractivity contribution in [1.29, 1.82) is 0 Å². The summed E-state index contributed by atoms with van der Waals surface area (Å²) in [6.45, 7) is 3.03. The van der Waals surface area contributed by atoms with E-state index in [2.05, 4.69) is 4.72 Å². The van der Waals surface area contributed by atoms with Crippen LogP contribution in [0.3, 0.4) is 0 Å². The van der Waals surface area contributed by atoms with Crippen LogP contribution in [0.15, 0.2) is 23.1 Å². The summed E-state index contributed by atoms with van der Waals surface area (Å²) < 4.78 is 27.5. The van der Waals surface area contributed by atoms with Crippen LogP contribution in [0, 0.1) is 5.92 Å². The monoisotopic (exact) mass is 394 g/mol. The molecule has 2 N–H and O–H groups in total. The van der Waals surface area contributed by atoms with Crippen LogP contribution in [-0.2, 0) is 27.8 Å². The molecule has 3 rings (SSSR count). The summed E-state index contributed by atoms with van der Waals surface area (Å²) in [6.07, 6.45) is 6.01. The van der Waals surface area contributed by atoms with Crippen LogP contribution in [0.5, 0.6) is 0 Å². The third-order valence-electron chi connectivity index (χ3n) is 5.62. The Morgan fingerprint density at radius 2 is 2.00 bits per heavy atom. The number of aliphatic hydroxyl groups is 1. The Morgan fingerprint density at radius 3 is 2.70 bits per heavy atom. The van der Waals surface area contributed by atoms with Gasteiger partial charge in [0.2, 0.25) is 15.9 Å². The highest BCUT2D eigenvalue weighted by molar-refractivity contribution is 7.89. The van der Waals surface area contributed by atoms with Crippen LogP contribution in [0.2, 0.25) is 0 Å². The number of carbonyl (C=O) groups is 1.